The molecule has 0 aliphatic carbocycles. The number of amidine groups is 1. The first-order valence-electron chi connectivity index (χ1n) is 4.77. The zero-order valence-corrected chi connectivity index (χ0v) is 11.0. The average Bonchev–Trinajstić information content (AvgIpc) is 2.16. The Kier molecular flexibility index (Phi) is 10.4. The first-order chi connectivity index (χ1) is 6.72. The Morgan fingerprint density at radius 3 is 2.44 bits per heavy atom. The SMILES string of the molecule is CC(N)=NCc1cccc(CCN)c1.Cl.Cl. The molecular weight excluding hydrogens is 245 g/mol. The first kappa shape index (κ1) is 17.6. The van der Waals surface area contributed by atoms with Crippen LogP contribution in [0.15, 0.2) is 29.3 Å². The summed E-state index contributed by atoms with van der Waals surface area (Å²) >= 11 is 0. The second kappa shape index (κ2) is 9.46. The highest BCUT2D eigenvalue weighted by Crippen LogP contribution is 2.06. The molecule has 1 rings (SSSR count). The van der Waals surface area contributed by atoms with E-state index in [9.17, 15) is 0 Å². The van der Waals surface area contributed by atoms with Gasteiger partial charge in [0.1, 0.15) is 0 Å². The van der Waals surface area contributed by atoms with Crippen LogP contribution >= 0.6 is 24.8 Å². The molecule has 0 bridgehead atoms. The summed E-state index contributed by atoms with van der Waals surface area (Å²) in [7, 11) is 0. The minimum atomic E-state index is 0. The molecule has 0 unspecified atom stereocenters. The third kappa shape index (κ3) is 6.67. The van der Waals surface area contributed by atoms with E-state index in [1.165, 1.54) is 11.1 Å². The summed E-state index contributed by atoms with van der Waals surface area (Å²) < 4.78 is 0. The molecule has 0 aliphatic rings. The van der Waals surface area contributed by atoms with Gasteiger partial charge >= 0.3 is 0 Å². The Labute approximate surface area is 109 Å². The van der Waals surface area contributed by atoms with Crippen LogP contribution in [0.1, 0.15) is 18.1 Å². The maximum atomic E-state index is 5.49. The average molecular weight is 264 g/mol. The highest BCUT2D eigenvalue weighted by Gasteiger charge is 1.94. The molecule has 3 nitrogen and oxygen atoms in total. The van der Waals surface area contributed by atoms with Crippen molar-refractivity contribution < 1.29 is 0 Å². The Bertz CT molecular complexity index is 323. The molecule has 4 N–H and O–H groups in total. The molecule has 5 heteroatoms. The van der Waals surface area contributed by atoms with Gasteiger partial charge in [-0.3, -0.25) is 4.99 Å². The lowest BCUT2D eigenvalue weighted by molar-refractivity contribution is 0.958. The smallest absolute Gasteiger partial charge is 0.0909 e. The molecule has 0 fully saturated rings. The number of hydrogen-bond donors (Lipinski definition) is 2. The molecule has 0 aromatic heterocycles. The summed E-state index contributed by atoms with van der Waals surface area (Å²) in [6, 6.07) is 8.28. The van der Waals surface area contributed by atoms with E-state index in [-0.39, 0.29) is 24.8 Å². The molecule has 0 saturated carbocycles. The maximum Gasteiger partial charge on any atom is 0.0909 e. The van der Waals surface area contributed by atoms with Gasteiger partial charge in [0.2, 0.25) is 0 Å². The second-order valence-corrected chi connectivity index (χ2v) is 3.32. The van der Waals surface area contributed by atoms with Gasteiger partial charge in [0.05, 0.1) is 12.4 Å². The molecule has 1 aromatic rings. The Morgan fingerprint density at radius 2 is 1.88 bits per heavy atom. The highest BCUT2D eigenvalue weighted by atomic mass is 35.5. The van der Waals surface area contributed by atoms with Gasteiger partial charge in [-0.05, 0) is 31.0 Å². The third-order valence-electron chi connectivity index (χ3n) is 1.94. The lowest BCUT2D eigenvalue weighted by atomic mass is 10.1. The van der Waals surface area contributed by atoms with Crippen LogP contribution < -0.4 is 11.5 Å². The van der Waals surface area contributed by atoms with Crippen molar-refractivity contribution in [3.8, 4) is 0 Å². The van der Waals surface area contributed by atoms with E-state index in [0.29, 0.717) is 18.9 Å². The molecule has 92 valence electrons. The summed E-state index contributed by atoms with van der Waals surface area (Å²) in [5, 5.41) is 0. The minimum absolute atomic E-state index is 0. The number of rotatable bonds is 4. The van der Waals surface area contributed by atoms with Gasteiger partial charge < -0.3 is 11.5 Å². The Hall–Kier alpha value is -0.770. The maximum absolute atomic E-state index is 5.49. The van der Waals surface area contributed by atoms with E-state index in [1.807, 2.05) is 12.1 Å². The fraction of sp³-hybridized carbons (Fsp3) is 0.364. The zero-order chi connectivity index (χ0) is 10.4. The molecule has 1 aromatic carbocycles. The summed E-state index contributed by atoms with van der Waals surface area (Å²) in [6.45, 7) is 3.13. The third-order valence-corrected chi connectivity index (χ3v) is 1.94. The van der Waals surface area contributed by atoms with Gasteiger partial charge in [-0.15, -0.1) is 24.8 Å². The predicted molar refractivity (Wildman–Crippen MR) is 74.7 cm³/mol. The first-order valence-corrected chi connectivity index (χ1v) is 4.77. The summed E-state index contributed by atoms with van der Waals surface area (Å²) in [6.07, 6.45) is 0.916. The van der Waals surface area contributed by atoms with Gasteiger partial charge in [-0.25, -0.2) is 0 Å². The molecule has 0 radical (unpaired) electrons. The number of benzene rings is 1. The van der Waals surface area contributed by atoms with Crippen LogP contribution in [0, 0.1) is 0 Å². The van der Waals surface area contributed by atoms with E-state index < -0.39 is 0 Å². The van der Waals surface area contributed by atoms with Crippen LogP contribution in [0.25, 0.3) is 0 Å². The Morgan fingerprint density at radius 1 is 1.25 bits per heavy atom. The van der Waals surface area contributed by atoms with E-state index >= 15 is 0 Å². The van der Waals surface area contributed by atoms with Crippen LogP contribution in [-0.2, 0) is 13.0 Å². The Balaban J connectivity index is 0. The van der Waals surface area contributed by atoms with Gasteiger partial charge in [0, 0.05) is 0 Å². The number of halogens is 2. The van der Waals surface area contributed by atoms with Gasteiger partial charge in [-0.1, -0.05) is 24.3 Å². The van der Waals surface area contributed by atoms with Crippen molar-refractivity contribution in [1.82, 2.24) is 0 Å². The van der Waals surface area contributed by atoms with E-state index in [2.05, 4.69) is 17.1 Å². The van der Waals surface area contributed by atoms with Crippen LogP contribution in [0.3, 0.4) is 0 Å². The number of aliphatic imine (C=N–C) groups is 1. The second-order valence-electron chi connectivity index (χ2n) is 3.32. The summed E-state index contributed by atoms with van der Waals surface area (Å²) in [5.41, 5.74) is 13.4. The fourth-order valence-corrected chi connectivity index (χ4v) is 1.27. The van der Waals surface area contributed by atoms with Crippen LogP contribution in [0.4, 0.5) is 0 Å². The lowest BCUT2D eigenvalue weighted by Crippen LogP contribution is -2.06. The number of nitrogens with zero attached hydrogens (tertiary/aromatic N) is 1. The van der Waals surface area contributed by atoms with E-state index in [1.54, 1.807) is 6.92 Å². The topological polar surface area (TPSA) is 64.4 Å². The van der Waals surface area contributed by atoms with Gasteiger partial charge in [0.25, 0.3) is 0 Å². The van der Waals surface area contributed by atoms with Crippen molar-refractivity contribution in [3.63, 3.8) is 0 Å². The van der Waals surface area contributed by atoms with Gasteiger partial charge in [-0.2, -0.15) is 0 Å². The van der Waals surface area contributed by atoms with Crippen molar-refractivity contribution >= 4 is 30.6 Å². The molecule has 0 aliphatic heterocycles. The van der Waals surface area contributed by atoms with Crippen molar-refractivity contribution in [3.05, 3.63) is 35.4 Å². The van der Waals surface area contributed by atoms with Crippen molar-refractivity contribution in [1.29, 1.82) is 0 Å². The van der Waals surface area contributed by atoms with Crippen molar-refractivity contribution in [2.45, 2.75) is 19.9 Å². The lowest BCUT2D eigenvalue weighted by Gasteiger charge is -2.01. The van der Waals surface area contributed by atoms with E-state index in [4.69, 9.17) is 11.5 Å². The molecule has 0 heterocycles. The number of hydrogen-bond acceptors (Lipinski definition) is 2. The largest absolute Gasteiger partial charge is 0.388 e. The molecule has 0 spiro atoms. The molecule has 0 saturated heterocycles. The zero-order valence-electron chi connectivity index (χ0n) is 9.35. The van der Waals surface area contributed by atoms with Crippen LogP contribution in [-0.4, -0.2) is 12.4 Å². The molecule has 0 amide bonds. The fourth-order valence-electron chi connectivity index (χ4n) is 1.27. The predicted octanol–water partition coefficient (Wildman–Crippen LogP) is 1.91. The summed E-state index contributed by atoms with van der Waals surface area (Å²) in [5.74, 6) is 0.620. The van der Waals surface area contributed by atoms with E-state index in [0.717, 1.165) is 6.42 Å². The monoisotopic (exact) mass is 263 g/mol. The van der Waals surface area contributed by atoms with Gasteiger partial charge in [0.15, 0.2) is 0 Å². The van der Waals surface area contributed by atoms with Crippen LogP contribution in [0.2, 0.25) is 0 Å². The standard InChI is InChI=1S/C11H17N3.2ClH/c1-9(13)14-8-11-4-2-3-10(7-11)5-6-12;;/h2-4,7H,5-6,8,12H2,1H3,(H2,13,14);2*1H. The van der Waals surface area contributed by atoms with Crippen molar-refractivity contribution in [2.75, 3.05) is 6.54 Å². The minimum Gasteiger partial charge on any atom is -0.388 e. The molecular formula is C11H19Cl2N3. The normalized spacial score (nSPS) is 10.2. The molecule has 16 heavy (non-hydrogen) atoms. The van der Waals surface area contributed by atoms with Crippen molar-refractivity contribution in [2.24, 2.45) is 16.5 Å². The highest BCUT2D eigenvalue weighted by molar-refractivity contribution is 5.85. The molecule has 0 atom stereocenters. The van der Waals surface area contributed by atoms with Crippen LogP contribution in [0.5, 0.6) is 0 Å². The quantitative estimate of drug-likeness (QED) is 0.644. The summed E-state index contributed by atoms with van der Waals surface area (Å²) in [4.78, 5) is 4.16. The number of nitrogens with two attached hydrogens (primary N) is 2.